The van der Waals surface area contributed by atoms with Gasteiger partial charge in [0.05, 0.1) is 11.9 Å². The van der Waals surface area contributed by atoms with Crippen molar-refractivity contribution in [1.82, 2.24) is 14.6 Å². The predicted octanol–water partition coefficient (Wildman–Crippen LogP) is 3.43. The van der Waals surface area contributed by atoms with E-state index in [1.54, 1.807) is 6.07 Å². The van der Waals surface area contributed by atoms with E-state index in [1.165, 1.54) is 18.2 Å². The zero-order valence-electron chi connectivity index (χ0n) is 10.8. The molecular formula is C14H6F4N4. The highest BCUT2D eigenvalue weighted by Crippen LogP contribution is 2.32. The highest BCUT2D eigenvalue weighted by molar-refractivity contribution is 5.65. The second-order valence-electron chi connectivity index (χ2n) is 4.44. The van der Waals surface area contributed by atoms with Crippen LogP contribution in [0.4, 0.5) is 17.6 Å². The van der Waals surface area contributed by atoms with Crippen LogP contribution in [0.3, 0.4) is 0 Å². The summed E-state index contributed by atoms with van der Waals surface area (Å²) in [4.78, 5) is 4.00. The van der Waals surface area contributed by atoms with Crippen LogP contribution in [0.5, 0.6) is 0 Å². The molecule has 0 spiro atoms. The fourth-order valence-electron chi connectivity index (χ4n) is 2.04. The lowest BCUT2D eigenvalue weighted by Crippen LogP contribution is -2.13. The van der Waals surface area contributed by atoms with Gasteiger partial charge in [-0.25, -0.2) is 13.9 Å². The number of hydrogen-bond acceptors (Lipinski definition) is 3. The number of nitriles is 1. The lowest BCUT2D eigenvalue weighted by atomic mass is 10.1. The van der Waals surface area contributed by atoms with Crippen molar-refractivity contribution in [2.75, 3.05) is 0 Å². The predicted molar refractivity (Wildman–Crippen MR) is 68.1 cm³/mol. The summed E-state index contributed by atoms with van der Waals surface area (Å²) >= 11 is 0. The molecule has 2 aromatic heterocycles. The van der Waals surface area contributed by atoms with Gasteiger partial charge < -0.3 is 0 Å². The Morgan fingerprint density at radius 2 is 1.95 bits per heavy atom. The molecule has 22 heavy (non-hydrogen) atoms. The Morgan fingerprint density at radius 1 is 1.18 bits per heavy atom. The number of halogens is 4. The Labute approximate surface area is 121 Å². The number of nitrogens with zero attached hydrogens (tertiary/aromatic N) is 4. The van der Waals surface area contributed by atoms with Crippen molar-refractivity contribution in [2.24, 2.45) is 0 Å². The highest BCUT2D eigenvalue weighted by Gasteiger charge is 2.35. The van der Waals surface area contributed by atoms with Gasteiger partial charge in [0.2, 0.25) is 0 Å². The van der Waals surface area contributed by atoms with Gasteiger partial charge in [-0.2, -0.15) is 23.5 Å². The summed E-state index contributed by atoms with van der Waals surface area (Å²) in [5.41, 5.74) is -1.31. The van der Waals surface area contributed by atoms with Crippen molar-refractivity contribution in [2.45, 2.75) is 6.18 Å². The Kier molecular flexibility index (Phi) is 3.06. The van der Waals surface area contributed by atoms with Crippen molar-refractivity contribution >= 4 is 5.65 Å². The fraction of sp³-hybridized carbons (Fsp3) is 0.0714. The van der Waals surface area contributed by atoms with Crippen LogP contribution in [0.1, 0.15) is 11.3 Å². The van der Waals surface area contributed by atoms with E-state index in [0.717, 1.165) is 18.3 Å². The zero-order valence-corrected chi connectivity index (χ0v) is 10.8. The largest absolute Gasteiger partial charge is 0.433 e. The number of hydrogen-bond donors (Lipinski definition) is 0. The fourth-order valence-corrected chi connectivity index (χ4v) is 2.04. The second kappa shape index (κ2) is 4.80. The number of rotatable bonds is 1. The average molecular weight is 306 g/mol. The Hall–Kier alpha value is -2.95. The molecule has 2 heterocycles. The van der Waals surface area contributed by atoms with Gasteiger partial charge in [0, 0.05) is 5.56 Å². The third-order valence-electron chi connectivity index (χ3n) is 3.00. The van der Waals surface area contributed by atoms with Crippen molar-refractivity contribution < 1.29 is 17.6 Å². The van der Waals surface area contributed by atoms with E-state index in [0.29, 0.717) is 4.52 Å². The topological polar surface area (TPSA) is 54.0 Å². The van der Waals surface area contributed by atoms with Crippen molar-refractivity contribution in [1.29, 1.82) is 5.26 Å². The van der Waals surface area contributed by atoms with Crippen LogP contribution in [-0.2, 0) is 6.18 Å². The van der Waals surface area contributed by atoms with E-state index in [4.69, 9.17) is 5.26 Å². The molecule has 0 aliphatic rings. The minimum Gasteiger partial charge on any atom is -0.227 e. The third kappa shape index (κ3) is 2.26. The molecule has 0 radical (unpaired) electrons. The minimum absolute atomic E-state index is 0.0867. The Bertz CT molecular complexity index is 905. The summed E-state index contributed by atoms with van der Waals surface area (Å²) in [7, 11) is 0. The van der Waals surface area contributed by atoms with E-state index < -0.39 is 17.7 Å². The maximum absolute atomic E-state index is 13.3. The molecule has 4 nitrogen and oxygen atoms in total. The van der Waals surface area contributed by atoms with Crippen LogP contribution in [0.25, 0.3) is 16.9 Å². The summed E-state index contributed by atoms with van der Waals surface area (Å²) in [5, 5.41) is 12.5. The van der Waals surface area contributed by atoms with Crippen LogP contribution in [0.15, 0.2) is 36.5 Å². The second-order valence-corrected chi connectivity index (χ2v) is 4.44. The van der Waals surface area contributed by atoms with E-state index in [9.17, 15) is 17.6 Å². The molecule has 8 heteroatoms. The summed E-state index contributed by atoms with van der Waals surface area (Å²) in [6.07, 6.45) is -3.69. The standard InChI is InChI=1S/C14H6F4N4/c15-10-3-1-2-8(4-10)11-5-12(14(16,17)18)22-13(21-11)9(6-19)7-20-22/h1-5,7H. The quantitative estimate of drug-likeness (QED) is 0.647. The zero-order chi connectivity index (χ0) is 15.9. The molecular weight excluding hydrogens is 300 g/mol. The molecule has 0 bridgehead atoms. The smallest absolute Gasteiger partial charge is 0.227 e. The van der Waals surface area contributed by atoms with Crippen molar-refractivity contribution in [3.05, 3.63) is 53.6 Å². The normalized spacial score (nSPS) is 11.6. The molecule has 0 N–H and O–H groups in total. The highest BCUT2D eigenvalue weighted by atomic mass is 19.4. The van der Waals surface area contributed by atoms with Gasteiger partial charge in [0.25, 0.3) is 0 Å². The maximum atomic E-state index is 13.3. The molecule has 3 rings (SSSR count). The van der Waals surface area contributed by atoms with Gasteiger partial charge in [-0.3, -0.25) is 0 Å². The van der Waals surface area contributed by atoms with E-state index in [-0.39, 0.29) is 22.5 Å². The van der Waals surface area contributed by atoms with Gasteiger partial charge in [-0.05, 0) is 18.2 Å². The molecule has 0 fully saturated rings. The van der Waals surface area contributed by atoms with Crippen molar-refractivity contribution in [3.8, 4) is 17.3 Å². The van der Waals surface area contributed by atoms with Crippen LogP contribution in [-0.4, -0.2) is 14.6 Å². The van der Waals surface area contributed by atoms with E-state index in [2.05, 4.69) is 10.1 Å². The molecule has 0 saturated carbocycles. The summed E-state index contributed by atoms with van der Waals surface area (Å²) in [6, 6.07) is 7.55. The lowest BCUT2D eigenvalue weighted by Gasteiger charge is -2.11. The SMILES string of the molecule is N#Cc1cnn2c(C(F)(F)F)cc(-c3cccc(F)c3)nc12. The lowest BCUT2D eigenvalue weighted by molar-refractivity contribution is -0.142. The molecule has 1 aromatic carbocycles. The van der Waals surface area contributed by atoms with E-state index in [1.807, 2.05) is 0 Å². The first-order valence-corrected chi connectivity index (χ1v) is 6.02. The molecule has 3 aromatic rings. The molecule has 0 amide bonds. The average Bonchev–Trinajstić information content (AvgIpc) is 2.88. The maximum Gasteiger partial charge on any atom is 0.433 e. The van der Waals surface area contributed by atoms with Crippen molar-refractivity contribution in [3.63, 3.8) is 0 Å². The first-order chi connectivity index (χ1) is 10.4. The van der Waals surface area contributed by atoms with Crippen LogP contribution in [0, 0.1) is 17.1 Å². The summed E-state index contributed by atoms with van der Waals surface area (Å²) in [5.74, 6) is -0.596. The molecule has 0 unspecified atom stereocenters. The summed E-state index contributed by atoms with van der Waals surface area (Å²) < 4.78 is 53.3. The molecule has 110 valence electrons. The molecule has 0 aliphatic heterocycles. The van der Waals surface area contributed by atoms with Gasteiger partial charge >= 0.3 is 6.18 Å². The van der Waals surface area contributed by atoms with Gasteiger partial charge in [0.15, 0.2) is 11.3 Å². The third-order valence-corrected chi connectivity index (χ3v) is 3.00. The van der Waals surface area contributed by atoms with Crippen LogP contribution >= 0.6 is 0 Å². The first-order valence-electron chi connectivity index (χ1n) is 6.02. The number of benzene rings is 1. The number of fused-ring (bicyclic) bond motifs is 1. The first kappa shape index (κ1) is 14.0. The number of aromatic nitrogens is 3. The van der Waals surface area contributed by atoms with Crippen LogP contribution < -0.4 is 0 Å². The number of alkyl halides is 3. The Balaban J connectivity index is 2.35. The molecule has 0 atom stereocenters. The minimum atomic E-state index is -4.69. The molecule has 0 saturated heterocycles. The Morgan fingerprint density at radius 3 is 2.59 bits per heavy atom. The van der Waals surface area contributed by atoms with Crippen LogP contribution in [0.2, 0.25) is 0 Å². The molecule has 0 aliphatic carbocycles. The van der Waals surface area contributed by atoms with Gasteiger partial charge in [-0.15, -0.1) is 0 Å². The van der Waals surface area contributed by atoms with Gasteiger partial charge in [-0.1, -0.05) is 12.1 Å². The monoisotopic (exact) mass is 306 g/mol. The van der Waals surface area contributed by atoms with Gasteiger partial charge in [0.1, 0.15) is 17.4 Å². The van der Waals surface area contributed by atoms with E-state index >= 15 is 0 Å². The summed E-state index contributed by atoms with van der Waals surface area (Å²) in [6.45, 7) is 0.